The summed E-state index contributed by atoms with van der Waals surface area (Å²) in [5.74, 6) is 1.01. The van der Waals surface area contributed by atoms with Gasteiger partial charge in [0, 0.05) is 51.0 Å². The molecule has 0 bridgehead atoms. The molecule has 0 aliphatic carbocycles. The van der Waals surface area contributed by atoms with Crippen molar-refractivity contribution < 1.29 is 9.53 Å². The maximum Gasteiger partial charge on any atom is 0.223 e. The van der Waals surface area contributed by atoms with Gasteiger partial charge in [0.1, 0.15) is 0 Å². The molecule has 0 N–H and O–H groups in total. The monoisotopic (exact) mass is 331 g/mol. The second-order valence-corrected chi connectivity index (χ2v) is 7.04. The van der Waals surface area contributed by atoms with Crippen molar-refractivity contribution >= 4 is 5.91 Å². The SMILES string of the molecule is Cc1cc(CC2CCN(C(=O)CCN3CCOCC3)CC2)ccn1. The predicted octanol–water partition coefficient (Wildman–Crippen LogP) is 1.89. The number of nitrogens with zero attached hydrogens (tertiary/aromatic N) is 3. The summed E-state index contributed by atoms with van der Waals surface area (Å²) >= 11 is 0. The molecule has 1 aromatic heterocycles. The van der Waals surface area contributed by atoms with Gasteiger partial charge in [0.05, 0.1) is 13.2 Å². The van der Waals surface area contributed by atoms with Gasteiger partial charge in [-0.3, -0.25) is 14.7 Å². The Hall–Kier alpha value is -1.46. The quantitative estimate of drug-likeness (QED) is 0.827. The van der Waals surface area contributed by atoms with E-state index in [1.165, 1.54) is 5.56 Å². The number of aryl methyl sites for hydroxylation is 1. The Morgan fingerprint density at radius 1 is 1.25 bits per heavy atom. The Balaban J connectivity index is 1.38. The molecule has 5 heteroatoms. The molecule has 0 aromatic carbocycles. The molecular weight excluding hydrogens is 302 g/mol. The molecule has 132 valence electrons. The number of ether oxygens (including phenoxy) is 1. The second-order valence-electron chi connectivity index (χ2n) is 7.04. The summed E-state index contributed by atoms with van der Waals surface area (Å²) in [4.78, 5) is 21.1. The first kappa shape index (κ1) is 17.4. The van der Waals surface area contributed by atoms with Crippen LogP contribution in [0.4, 0.5) is 0 Å². The van der Waals surface area contributed by atoms with Crippen LogP contribution in [0.2, 0.25) is 0 Å². The molecule has 2 saturated heterocycles. The zero-order valence-corrected chi connectivity index (χ0v) is 14.7. The highest BCUT2D eigenvalue weighted by Gasteiger charge is 2.23. The third kappa shape index (κ3) is 5.02. The number of morpholine rings is 1. The normalized spacial score (nSPS) is 20.3. The highest BCUT2D eigenvalue weighted by atomic mass is 16.5. The molecule has 2 aliphatic rings. The summed E-state index contributed by atoms with van der Waals surface area (Å²) in [6.45, 7) is 8.26. The average molecular weight is 331 g/mol. The Morgan fingerprint density at radius 2 is 2.00 bits per heavy atom. The number of hydrogen-bond acceptors (Lipinski definition) is 4. The van der Waals surface area contributed by atoms with E-state index in [0.717, 1.165) is 70.9 Å². The molecule has 0 radical (unpaired) electrons. The first-order valence-corrected chi connectivity index (χ1v) is 9.20. The molecule has 5 nitrogen and oxygen atoms in total. The summed E-state index contributed by atoms with van der Waals surface area (Å²) in [6, 6.07) is 4.30. The van der Waals surface area contributed by atoms with Gasteiger partial charge in [-0.25, -0.2) is 0 Å². The third-order valence-electron chi connectivity index (χ3n) is 5.20. The molecule has 0 saturated carbocycles. The summed E-state index contributed by atoms with van der Waals surface area (Å²) in [7, 11) is 0. The van der Waals surface area contributed by atoms with Crippen LogP contribution in [0.3, 0.4) is 0 Å². The molecule has 2 fully saturated rings. The molecule has 2 aliphatic heterocycles. The van der Waals surface area contributed by atoms with Gasteiger partial charge in [-0.1, -0.05) is 0 Å². The van der Waals surface area contributed by atoms with Crippen molar-refractivity contribution in [1.29, 1.82) is 0 Å². The van der Waals surface area contributed by atoms with Crippen LogP contribution in [-0.2, 0) is 16.0 Å². The highest BCUT2D eigenvalue weighted by Crippen LogP contribution is 2.22. The largest absolute Gasteiger partial charge is 0.379 e. The van der Waals surface area contributed by atoms with Crippen LogP contribution in [0.5, 0.6) is 0 Å². The fraction of sp³-hybridized carbons (Fsp3) is 0.684. The van der Waals surface area contributed by atoms with Crippen LogP contribution >= 0.6 is 0 Å². The van der Waals surface area contributed by atoms with E-state index in [1.807, 2.05) is 13.1 Å². The lowest BCUT2D eigenvalue weighted by Gasteiger charge is -2.33. The van der Waals surface area contributed by atoms with E-state index in [-0.39, 0.29) is 0 Å². The number of amides is 1. The standard InChI is InChI=1S/C19H29N3O2/c1-16-14-18(2-6-20-16)15-17-3-8-22(9-4-17)19(23)5-7-21-10-12-24-13-11-21/h2,6,14,17H,3-5,7-13,15H2,1H3. The van der Waals surface area contributed by atoms with E-state index in [1.54, 1.807) is 0 Å². The smallest absolute Gasteiger partial charge is 0.223 e. The van der Waals surface area contributed by atoms with Gasteiger partial charge in [-0.05, 0) is 49.8 Å². The van der Waals surface area contributed by atoms with E-state index in [2.05, 4.69) is 26.9 Å². The van der Waals surface area contributed by atoms with E-state index in [4.69, 9.17) is 4.74 Å². The Morgan fingerprint density at radius 3 is 2.71 bits per heavy atom. The summed E-state index contributed by atoms with van der Waals surface area (Å²) in [5, 5.41) is 0. The minimum atomic E-state index is 0.319. The Kier molecular flexibility index (Phi) is 6.21. The molecule has 0 atom stereocenters. The van der Waals surface area contributed by atoms with Crippen LogP contribution < -0.4 is 0 Å². The fourth-order valence-corrected chi connectivity index (χ4v) is 3.69. The Labute approximate surface area is 145 Å². The molecule has 24 heavy (non-hydrogen) atoms. The van der Waals surface area contributed by atoms with Gasteiger partial charge in [0.25, 0.3) is 0 Å². The minimum Gasteiger partial charge on any atom is -0.379 e. The third-order valence-corrected chi connectivity index (χ3v) is 5.20. The summed E-state index contributed by atoms with van der Waals surface area (Å²) < 4.78 is 5.35. The fourth-order valence-electron chi connectivity index (χ4n) is 3.69. The highest BCUT2D eigenvalue weighted by molar-refractivity contribution is 5.76. The maximum atomic E-state index is 12.4. The molecular formula is C19H29N3O2. The molecule has 1 aromatic rings. The van der Waals surface area contributed by atoms with Crippen molar-refractivity contribution in [3.05, 3.63) is 29.6 Å². The van der Waals surface area contributed by atoms with Crippen molar-refractivity contribution in [3.8, 4) is 0 Å². The molecule has 3 rings (SSSR count). The van der Waals surface area contributed by atoms with E-state index in [0.29, 0.717) is 18.2 Å². The number of carbonyl (C=O) groups excluding carboxylic acids is 1. The molecule has 0 spiro atoms. The van der Waals surface area contributed by atoms with Crippen molar-refractivity contribution in [2.45, 2.75) is 32.6 Å². The predicted molar refractivity (Wildman–Crippen MR) is 93.9 cm³/mol. The van der Waals surface area contributed by atoms with E-state index < -0.39 is 0 Å². The topological polar surface area (TPSA) is 45.7 Å². The first-order valence-electron chi connectivity index (χ1n) is 9.20. The lowest BCUT2D eigenvalue weighted by molar-refractivity contribution is -0.133. The lowest BCUT2D eigenvalue weighted by atomic mass is 9.90. The number of pyridine rings is 1. The number of piperidine rings is 1. The van der Waals surface area contributed by atoms with Crippen molar-refractivity contribution in [3.63, 3.8) is 0 Å². The maximum absolute atomic E-state index is 12.4. The number of carbonyl (C=O) groups is 1. The van der Waals surface area contributed by atoms with Crippen LogP contribution in [0, 0.1) is 12.8 Å². The van der Waals surface area contributed by atoms with Gasteiger partial charge in [0.15, 0.2) is 0 Å². The molecule has 0 unspecified atom stereocenters. The number of likely N-dealkylation sites (tertiary alicyclic amines) is 1. The number of aromatic nitrogens is 1. The minimum absolute atomic E-state index is 0.319. The number of hydrogen-bond donors (Lipinski definition) is 0. The molecule has 1 amide bonds. The lowest BCUT2D eigenvalue weighted by Crippen LogP contribution is -2.42. The second kappa shape index (κ2) is 8.58. The van der Waals surface area contributed by atoms with Crippen LogP contribution in [0.1, 0.15) is 30.5 Å². The zero-order chi connectivity index (χ0) is 16.8. The van der Waals surface area contributed by atoms with E-state index >= 15 is 0 Å². The van der Waals surface area contributed by atoms with Gasteiger partial charge in [-0.15, -0.1) is 0 Å². The van der Waals surface area contributed by atoms with Crippen LogP contribution in [0.25, 0.3) is 0 Å². The average Bonchev–Trinajstić information content (AvgIpc) is 2.61. The first-order chi connectivity index (χ1) is 11.7. The van der Waals surface area contributed by atoms with E-state index in [9.17, 15) is 4.79 Å². The summed E-state index contributed by atoms with van der Waals surface area (Å²) in [5.41, 5.74) is 2.46. The zero-order valence-electron chi connectivity index (χ0n) is 14.7. The van der Waals surface area contributed by atoms with Gasteiger partial charge in [0.2, 0.25) is 5.91 Å². The van der Waals surface area contributed by atoms with Crippen molar-refractivity contribution in [2.75, 3.05) is 45.9 Å². The Bertz CT molecular complexity index is 535. The summed E-state index contributed by atoms with van der Waals surface area (Å²) in [6.07, 6.45) is 5.89. The van der Waals surface area contributed by atoms with Crippen molar-refractivity contribution in [2.24, 2.45) is 5.92 Å². The van der Waals surface area contributed by atoms with Crippen LogP contribution in [0.15, 0.2) is 18.3 Å². The van der Waals surface area contributed by atoms with Gasteiger partial charge >= 0.3 is 0 Å². The van der Waals surface area contributed by atoms with Crippen LogP contribution in [-0.4, -0.2) is 66.6 Å². The van der Waals surface area contributed by atoms with Gasteiger partial charge in [-0.2, -0.15) is 0 Å². The molecule has 3 heterocycles. The van der Waals surface area contributed by atoms with Gasteiger partial charge < -0.3 is 9.64 Å². The number of rotatable bonds is 5. The van der Waals surface area contributed by atoms with Crippen molar-refractivity contribution in [1.82, 2.24) is 14.8 Å².